The van der Waals surface area contributed by atoms with Crippen LogP contribution in [0.3, 0.4) is 0 Å². The molecule has 0 bridgehead atoms. The number of carbonyl (C=O) groups excluding carboxylic acids is 2. The summed E-state index contributed by atoms with van der Waals surface area (Å²) in [5.74, 6) is -1.76. The van der Waals surface area contributed by atoms with Gasteiger partial charge in [0.2, 0.25) is 5.78 Å². The van der Waals surface area contributed by atoms with E-state index >= 15 is 0 Å². The fourth-order valence-corrected chi connectivity index (χ4v) is 1.04. The number of hydrogen-bond donors (Lipinski definition) is 1. The first-order chi connectivity index (χ1) is 6.07. The van der Waals surface area contributed by atoms with Crippen LogP contribution in [0.25, 0.3) is 0 Å². The minimum absolute atomic E-state index is 0.0586. The summed E-state index contributed by atoms with van der Waals surface area (Å²) in [5.41, 5.74) is 0. The molecule has 0 amide bonds. The van der Waals surface area contributed by atoms with Crippen molar-refractivity contribution in [1.82, 2.24) is 0 Å². The van der Waals surface area contributed by atoms with Gasteiger partial charge in [-0.05, 0) is 0 Å². The smallest absolute Gasteiger partial charge is 0.266 e. The highest BCUT2D eigenvalue weighted by Gasteiger charge is 2.42. The average molecular weight is 186 g/mol. The number of ether oxygens (including phenoxy) is 2. The van der Waals surface area contributed by atoms with Crippen LogP contribution in [0.4, 0.5) is 0 Å². The van der Waals surface area contributed by atoms with Crippen LogP contribution in [0.15, 0.2) is 12.3 Å². The molecule has 1 heterocycles. The summed E-state index contributed by atoms with van der Waals surface area (Å²) in [5, 5.41) is 9.29. The Balaban J connectivity index is 2.68. The topological polar surface area (TPSA) is 72.8 Å². The van der Waals surface area contributed by atoms with E-state index in [4.69, 9.17) is 4.74 Å². The van der Waals surface area contributed by atoms with Crippen molar-refractivity contribution in [3.05, 3.63) is 12.3 Å². The average Bonchev–Trinajstić information content (AvgIpc) is 2.33. The molecule has 0 saturated carbocycles. The van der Waals surface area contributed by atoms with Crippen molar-refractivity contribution in [2.24, 2.45) is 0 Å². The highest BCUT2D eigenvalue weighted by atomic mass is 16.5. The van der Waals surface area contributed by atoms with Gasteiger partial charge >= 0.3 is 0 Å². The fourth-order valence-electron chi connectivity index (χ4n) is 1.04. The van der Waals surface area contributed by atoms with Crippen molar-refractivity contribution in [3.63, 3.8) is 0 Å². The van der Waals surface area contributed by atoms with Crippen LogP contribution in [0.2, 0.25) is 0 Å². The molecule has 0 aromatic heterocycles. The van der Waals surface area contributed by atoms with Gasteiger partial charge in [0.15, 0.2) is 11.9 Å². The third-order valence-electron chi connectivity index (χ3n) is 1.69. The van der Waals surface area contributed by atoms with Crippen molar-refractivity contribution in [3.8, 4) is 0 Å². The Morgan fingerprint density at radius 2 is 2.31 bits per heavy atom. The Kier molecular flexibility index (Phi) is 2.79. The second-order valence-electron chi connectivity index (χ2n) is 2.68. The number of carbonyl (C=O) groups is 2. The summed E-state index contributed by atoms with van der Waals surface area (Å²) in [6.07, 6.45) is -2.28. The second-order valence-corrected chi connectivity index (χ2v) is 2.68. The standard InChI is InChI=1S/C8H10O5/c1-4-6(10)7(11)8(13-4)5(9)3-12-2/h5,8-9H,1,3H2,2H3/t5-,8-/m1/s1. The molecule has 1 saturated heterocycles. The molecule has 1 aliphatic heterocycles. The fraction of sp³-hybridized carbons (Fsp3) is 0.500. The van der Waals surface area contributed by atoms with E-state index < -0.39 is 23.8 Å². The van der Waals surface area contributed by atoms with E-state index in [0.717, 1.165) is 0 Å². The molecule has 13 heavy (non-hydrogen) atoms. The van der Waals surface area contributed by atoms with E-state index in [1.807, 2.05) is 0 Å². The largest absolute Gasteiger partial charge is 0.476 e. The van der Waals surface area contributed by atoms with Gasteiger partial charge in [-0.1, -0.05) is 6.58 Å². The summed E-state index contributed by atoms with van der Waals surface area (Å²) in [7, 11) is 1.37. The van der Waals surface area contributed by atoms with Crippen molar-refractivity contribution in [1.29, 1.82) is 0 Å². The molecule has 0 aromatic rings. The summed E-state index contributed by atoms with van der Waals surface area (Å²) in [6.45, 7) is 3.18. The lowest BCUT2D eigenvalue weighted by molar-refractivity contribution is -0.137. The predicted octanol–water partition coefficient (Wildman–Crippen LogP) is -0.956. The van der Waals surface area contributed by atoms with Gasteiger partial charge in [-0.2, -0.15) is 0 Å². The van der Waals surface area contributed by atoms with Crippen LogP contribution >= 0.6 is 0 Å². The molecule has 1 N–H and O–H groups in total. The van der Waals surface area contributed by atoms with Crippen molar-refractivity contribution < 1.29 is 24.2 Å². The van der Waals surface area contributed by atoms with Gasteiger partial charge in [-0.15, -0.1) is 0 Å². The van der Waals surface area contributed by atoms with Crippen LogP contribution < -0.4 is 0 Å². The third kappa shape index (κ3) is 1.76. The number of Topliss-reactive ketones (excluding diaryl/α,β-unsaturated/α-hetero) is 2. The number of aliphatic hydroxyl groups is 1. The molecule has 5 nitrogen and oxygen atoms in total. The Morgan fingerprint density at radius 1 is 1.69 bits per heavy atom. The molecule has 0 aromatic carbocycles. The first kappa shape index (κ1) is 9.88. The van der Waals surface area contributed by atoms with Gasteiger partial charge in [-0.25, -0.2) is 0 Å². The molecule has 0 unspecified atom stereocenters. The first-order valence-corrected chi connectivity index (χ1v) is 3.69. The molecule has 1 rings (SSSR count). The number of aliphatic hydroxyl groups excluding tert-OH is 1. The minimum atomic E-state index is -1.15. The van der Waals surface area contributed by atoms with E-state index in [-0.39, 0.29) is 12.4 Å². The van der Waals surface area contributed by atoms with Crippen LogP contribution in [-0.4, -0.2) is 42.6 Å². The number of methoxy groups -OCH3 is 1. The molecule has 0 aliphatic carbocycles. The SMILES string of the molecule is C=C1O[C@H]([C@H](O)COC)C(=O)C1=O. The van der Waals surface area contributed by atoms with E-state index in [1.54, 1.807) is 0 Å². The number of ketones is 2. The lowest BCUT2D eigenvalue weighted by Gasteiger charge is -2.14. The van der Waals surface area contributed by atoms with E-state index in [1.165, 1.54) is 7.11 Å². The lowest BCUT2D eigenvalue weighted by Crippen LogP contribution is -2.36. The predicted molar refractivity (Wildman–Crippen MR) is 41.9 cm³/mol. The first-order valence-electron chi connectivity index (χ1n) is 3.69. The Hall–Kier alpha value is -1.20. The van der Waals surface area contributed by atoms with Gasteiger partial charge in [0.25, 0.3) is 5.78 Å². The molecule has 0 radical (unpaired) electrons. The lowest BCUT2D eigenvalue weighted by atomic mass is 10.1. The highest BCUT2D eigenvalue weighted by molar-refractivity contribution is 6.46. The van der Waals surface area contributed by atoms with E-state index in [0.29, 0.717) is 0 Å². The zero-order valence-corrected chi connectivity index (χ0v) is 7.15. The molecule has 1 fully saturated rings. The zero-order chi connectivity index (χ0) is 10.0. The van der Waals surface area contributed by atoms with Crippen LogP contribution in [0, 0.1) is 0 Å². The van der Waals surface area contributed by atoms with Gasteiger partial charge in [0.1, 0.15) is 6.10 Å². The Bertz CT molecular complexity index is 257. The van der Waals surface area contributed by atoms with Gasteiger partial charge < -0.3 is 14.6 Å². The molecule has 0 spiro atoms. The third-order valence-corrected chi connectivity index (χ3v) is 1.69. The molecule has 1 aliphatic rings. The summed E-state index contributed by atoms with van der Waals surface area (Å²) in [6, 6.07) is 0. The molecular formula is C8H10O5. The van der Waals surface area contributed by atoms with E-state index in [2.05, 4.69) is 11.3 Å². The van der Waals surface area contributed by atoms with Gasteiger partial charge in [0, 0.05) is 7.11 Å². The van der Waals surface area contributed by atoms with Crippen molar-refractivity contribution in [2.75, 3.05) is 13.7 Å². The van der Waals surface area contributed by atoms with Crippen LogP contribution in [0.5, 0.6) is 0 Å². The van der Waals surface area contributed by atoms with Crippen molar-refractivity contribution in [2.45, 2.75) is 12.2 Å². The molecule has 2 atom stereocenters. The Labute approximate surface area is 74.9 Å². The van der Waals surface area contributed by atoms with E-state index in [9.17, 15) is 14.7 Å². The minimum Gasteiger partial charge on any atom is -0.476 e. The summed E-state index contributed by atoms with van der Waals surface area (Å²) in [4.78, 5) is 22.0. The maximum Gasteiger partial charge on any atom is 0.266 e. The maximum absolute atomic E-state index is 11.1. The summed E-state index contributed by atoms with van der Waals surface area (Å²) < 4.78 is 9.39. The molecular weight excluding hydrogens is 176 g/mol. The van der Waals surface area contributed by atoms with Crippen molar-refractivity contribution >= 4 is 11.6 Å². The quantitative estimate of drug-likeness (QED) is 0.454. The van der Waals surface area contributed by atoms with Crippen LogP contribution in [0.1, 0.15) is 0 Å². The maximum atomic E-state index is 11.1. The number of allylic oxidation sites excluding steroid dienone is 1. The van der Waals surface area contributed by atoms with Gasteiger partial charge in [0.05, 0.1) is 6.61 Å². The number of rotatable bonds is 3. The van der Waals surface area contributed by atoms with Gasteiger partial charge in [-0.3, -0.25) is 9.59 Å². The zero-order valence-electron chi connectivity index (χ0n) is 7.15. The molecule has 5 heteroatoms. The van der Waals surface area contributed by atoms with Crippen LogP contribution in [-0.2, 0) is 19.1 Å². The molecule has 72 valence electrons. The normalized spacial score (nSPS) is 24.8. The monoisotopic (exact) mass is 186 g/mol. The number of hydrogen-bond acceptors (Lipinski definition) is 5. The highest BCUT2D eigenvalue weighted by Crippen LogP contribution is 2.17. The second kappa shape index (κ2) is 3.68. The Morgan fingerprint density at radius 3 is 2.69 bits per heavy atom. The summed E-state index contributed by atoms with van der Waals surface area (Å²) >= 11 is 0.